The summed E-state index contributed by atoms with van der Waals surface area (Å²) in [5.41, 5.74) is 8.82. The number of hydrogen-bond acceptors (Lipinski definition) is 5. The second-order valence-corrected chi connectivity index (χ2v) is 6.67. The molecule has 0 atom stereocenters. The Labute approximate surface area is 144 Å². The highest BCUT2D eigenvalue weighted by atomic mass is 32.1. The van der Waals surface area contributed by atoms with E-state index in [1.54, 1.807) is 11.3 Å². The summed E-state index contributed by atoms with van der Waals surface area (Å²) in [5, 5.41) is 6.88. The number of nitrogens with zero attached hydrogens (tertiary/aromatic N) is 1. The Morgan fingerprint density at radius 1 is 1.29 bits per heavy atom. The van der Waals surface area contributed by atoms with E-state index in [0.717, 1.165) is 22.4 Å². The number of nitrogens with one attached hydrogen (secondary N) is 1. The first-order chi connectivity index (χ1) is 11.6. The number of hydrogen-bond donors (Lipinski definition) is 2. The molecule has 0 aliphatic rings. The molecule has 0 aliphatic heterocycles. The lowest BCUT2D eigenvalue weighted by Crippen LogP contribution is -2.24. The van der Waals surface area contributed by atoms with Crippen molar-refractivity contribution >= 4 is 23.1 Å². The van der Waals surface area contributed by atoms with Crippen LogP contribution in [0.3, 0.4) is 0 Å². The van der Waals surface area contributed by atoms with E-state index in [-0.39, 0.29) is 11.8 Å². The summed E-state index contributed by atoms with van der Waals surface area (Å²) in [5.74, 6) is -0.239. The zero-order chi connectivity index (χ0) is 17.1. The van der Waals surface area contributed by atoms with Crippen molar-refractivity contribution in [3.8, 4) is 10.6 Å². The highest BCUT2D eigenvalue weighted by molar-refractivity contribution is 7.15. The zero-order valence-corrected chi connectivity index (χ0v) is 14.4. The molecule has 1 amide bonds. The number of rotatable bonds is 5. The van der Waals surface area contributed by atoms with Crippen molar-refractivity contribution in [2.24, 2.45) is 0 Å². The van der Waals surface area contributed by atoms with Crippen LogP contribution in [0.15, 0.2) is 40.9 Å². The predicted octanol–water partition coefficient (Wildman–Crippen LogP) is 3.79. The molecule has 124 valence electrons. The van der Waals surface area contributed by atoms with Gasteiger partial charge in [0.2, 0.25) is 5.88 Å². The van der Waals surface area contributed by atoms with Crippen LogP contribution < -0.4 is 11.1 Å². The van der Waals surface area contributed by atoms with E-state index < -0.39 is 0 Å². The van der Waals surface area contributed by atoms with Crippen LogP contribution in [0.4, 0.5) is 5.88 Å². The molecule has 3 aromatic rings. The average Bonchev–Trinajstić information content (AvgIpc) is 3.20. The van der Waals surface area contributed by atoms with Crippen LogP contribution in [0, 0.1) is 6.92 Å². The molecule has 24 heavy (non-hydrogen) atoms. The number of aryl methyl sites for hydroxylation is 2. The van der Waals surface area contributed by atoms with E-state index >= 15 is 0 Å². The molecule has 0 spiro atoms. The molecular formula is C18H19N3O2S. The van der Waals surface area contributed by atoms with E-state index in [0.29, 0.717) is 17.8 Å². The first-order valence-electron chi connectivity index (χ1n) is 7.77. The maximum atomic E-state index is 12.6. The number of nitrogens with two attached hydrogens (primary N) is 1. The van der Waals surface area contributed by atoms with Crippen molar-refractivity contribution in [2.45, 2.75) is 26.8 Å². The molecule has 0 saturated heterocycles. The molecule has 3 N–H and O–H groups in total. The van der Waals surface area contributed by atoms with Gasteiger partial charge in [-0.1, -0.05) is 36.3 Å². The second-order valence-electron chi connectivity index (χ2n) is 5.50. The standard InChI is InChI=1S/C18H19N3O2S/c1-3-13-8-9-14(24-13)16-15(17(19)23-21-16)18(22)20-10-12-7-5-4-6-11(12)2/h4-9H,3,10,19H2,1-2H3,(H,20,22). The van der Waals surface area contributed by atoms with Gasteiger partial charge in [0.05, 0.1) is 4.88 Å². The predicted molar refractivity (Wildman–Crippen MR) is 96.0 cm³/mol. The summed E-state index contributed by atoms with van der Waals surface area (Å²) in [6.45, 7) is 4.53. The van der Waals surface area contributed by atoms with E-state index in [1.165, 1.54) is 4.88 Å². The molecule has 0 fully saturated rings. The number of amides is 1. The van der Waals surface area contributed by atoms with Crippen molar-refractivity contribution in [1.29, 1.82) is 0 Å². The number of anilines is 1. The van der Waals surface area contributed by atoms with Crippen molar-refractivity contribution in [3.05, 3.63) is 58.0 Å². The van der Waals surface area contributed by atoms with E-state index in [9.17, 15) is 4.79 Å². The molecule has 0 saturated carbocycles. The summed E-state index contributed by atoms with van der Waals surface area (Å²) < 4.78 is 5.06. The molecule has 3 rings (SSSR count). The van der Waals surface area contributed by atoms with Gasteiger partial charge in [0.15, 0.2) is 0 Å². The third-order valence-corrected chi connectivity index (χ3v) is 5.13. The van der Waals surface area contributed by atoms with E-state index in [1.807, 2.05) is 43.3 Å². The number of benzene rings is 1. The van der Waals surface area contributed by atoms with Gasteiger partial charge in [-0.3, -0.25) is 4.79 Å². The van der Waals surface area contributed by atoms with Gasteiger partial charge in [0, 0.05) is 11.4 Å². The minimum atomic E-state index is -0.279. The normalized spacial score (nSPS) is 10.8. The molecule has 6 heteroatoms. The smallest absolute Gasteiger partial charge is 0.259 e. The molecule has 5 nitrogen and oxygen atoms in total. The molecule has 0 aliphatic carbocycles. The third-order valence-electron chi connectivity index (χ3n) is 3.89. The summed E-state index contributed by atoms with van der Waals surface area (Å²) >= 11 is 1.59. The molecule has 2 heterocycles. The van der Waals surface area contributed by atoms with Crippen LogP contribution in [0.2, 0.25) is 0 Å². The summed E-state index contributed by atoms with van der Waals surface area (Å²) in [7, 11) is 0. The molecule has 0 bridgehead atoms. The maximum Gasteiger partial charge on any atom is 0.259 e. The lowest BCUT2D eigenvalue weighted by Gasteiger charge is -2.07. The minimum Gasteiger partial charge on any atom is -0.367 e. The number of thiophene rings is 1. The van der Waals surface area contributed by atoms with E-state index in [2.05, 4.69) is 17.4 Å². The molecule has 2 aromatic heterocycles. The Morgan fingerprint density at radius 3 is 2.79 bits per heavy atom. The average molecular weight is 341 g/mol. The Kier molecular flexibility index (Phi) is 4.66. The van der Waals surface area contributed by atoms with Crippen LogP contribution in [-0.2, 0) is 13.0 Å². The summed E-state index contributed by atoms with van der Waals surface area (Å²) in [6.07, 6.45) is 0.937. The van der Waals surface area contributed by atoms with Crippen LogP contribution in [0.1, 0.15) is 33.3 Å². The van der Waals surface area contributed by atoms with Crippen LogP contribution >= 0.6 is 11.3 Å². The molecular weight excluding hydrogens is 322 g/mol. The lowest BCUT2D eigenvalue weighted by molar-refractivity contribution is 0.0952. The molecule has 1 aromatic carbocycles. The quantitative estimate of drug-likeness (QED) is 0.740. The molecule has 0 unspecified atom stereocenters. The number of nitrogen functional groups attached to an aromatic ring is 1. The van der Waals surface area contributed by atoms with Gasteiger partial charge in [0.1, 0.15) is 11.3 Å². The Bertz CT molecular complexity index is 867. The topological polar surface area (TPSA) is 81.2 Å². The number of carbonyl (C=O) groups excluding carboxylic acids is 1. The molecule has 0 radical (unpaired) electrons. The fourth-order valence-electron chi connectivity index (χ4n) is 2.46. The fraction of sp³-hybridized carbons (Fsp3) is 0.222. The summed E-state index contributed by atoms with van der Waals surface area (Å²) in [6, 6.07) is 11.9. The van der Waals surface area contributed by atoms with Crippen LogP contribution in [-0.4, -0.2) is 11.1 Å². The third kappa shape index (κ3) is 3.19. The van der Waals surface area contributed by atoms with Gasteiger partial charge < -0.3 is 15.6 Å². The highest BCUT2D eigenvalue weighted by Crippen LogP contribution is 2.32. The first-order valence-corrected chi connectivity index (χ1v) is 8.58. The van der Waals surface area contributed by atoms with Gasteiger partial charge >= 0.3 is 0 Å². The van der Waals surface area contributed by atoms with Crippen molar-refractivity contribution < 1.29 is 9.32 Å². The Hall–Kier alpha value is -2.60. The first kappa shape index (κ1) is 16.3. The van der Waals surface area contributed by atoms with Gasteiger partial charge in [-0.25, -0.2) is 0 Å². The lowest BCUT2D eigenvalue weighted by atomic mass is 10.1. The maximum absolute atomic E-state index is 12.6. The van der Waals surface area contributed by atoms with Gasteiger partial charge in [-0.2, -0.15) is 0 Å². The minimum absolute atomic E-state index is 0.0405. The van der Waals surface area contributed by atoms with Crippen molar-refractivity contribution in [1.82, 2.24) is 10.5 Å². The van der Waals surface area contributed by atoms with Gasteiger partial charge in [-0.15, -0.1) is 11.3 Å². The zero-order valence-electron chi connectivity index (χ0n) is 13.6. The van der Waals surface area contributed by atoms with Gasteiger partial charge in [-0.05, 0) is 36.6 Å². The van der Waals surface area contributed by atoms with E-state index in [4.69, 9.17) is 10.3 Å². The van der Waals surface area contributed by atoms with Crippen LogP contribution in [0.5, 0.6) is 0 Å². The largest absolute Gasteiger partial charge is 0.367 e. The number of aromatic nitrogens is 1. The summed E-state index contributed by atoms with van der Waals surface area (Å²) in [4.78, 5) is 14.7. The van der Waals surface area contributed by atoms with Crippen LogP contribution in [0.25, 0.3) is 10.6 Å². The van der Waals surface area contributed by atoms with Gasteiger partial charge in [0.25, 0.3) is 5.91 Å². The van der Waals surface area contributed by atoms with Crippen molar-refractivity contribution in [2.75, 3.05) is 5.73 Å². The number of carbonyl (C=O) groups is 1. The van der Waals surface area contributed by atoms with Crippen molar-refractivity contribution in [3.63, 3.8) is 0 Å². The Balaban J connectivity index is 1.82. The Morgan fingerprint density at radius 2 is 2.08 bits per heavy atom. The monoisotopic (exact) mass is 341 g/mol. The second kappa shape index (κ2) is 6.88. The highest BCUT2D eigenvalue weighted by Gasteiger charge is 2.23. The SMILES string of the molecule is CCc1ccc(-c2noc(N)c2C(=O)NCc2ccccc2C)s1. The fourth-order valence-corrected chi connectivity index (χ4v) is 3.39.